The number of ether oxygens (including phenoxy) is 4. The zero-order valence-electron chi connectivity index (χ0n) is 33.0. The lowest BCUT2D eigenvalue weighted by Gasteiger charge is -2.41. The van der Waals surface area contributed by atoms with E-state index in [1.807, 2.05) is 18.2 Å². The second-order valence-electron chi connectivity index (χ2n) is 13.8. The molecule has 7 N–H and O–H groups in total. The van der Waals surface area contributed by atoms with E-state index in [1.54, 1.807) is 16.9 Å². The van der Waals surface area contributed by atoms with Crippen LogP contribution in [0.5, 0.6) is 11.5 Å². The van der Waals surface area contributed by atoms with Gasteiger partial charge in [0.2, 0.25) is 11.8 Å². The van der Waals surface area contributed by atoms with Crippen molar-refractivity contribution in [1.29, 1.82) is 0 Å². The van der Waals surface area contributed by atoms with Gasteiger partial charge in [-0.05, 0) is 29.7 Å². The van der Waals surface area contributed by atoms with Crippen molar-refractivity contribution in [3.63, 3.8) is 0 Å². The van der Waals surface area contributed by atoms with Crippen LogP contribution >= 0.6 is 11.6 Å². The Labute approximate surface area is 349 Å². The molecule has 0 radical (unpaired) electrons. The summed E-state index contributed by atoms with van der Waals surface area (Å²) in [5.74, 6) is -2.87. The average Bonchev–Trinajstić information content (AvgIpc) is 3.69. The van der Waals surface area contributed by atoms with Crippen molar-refractivity contribution in [3.8, 4) is 11.5 Å². The van der Waals surface area contributed by atoms with Crippen molar-refractivity contribution in [2.45, 2.75) is 88.7 Å². The number of aromatic nitrogens is 3. The van der Waals surface area contributed by atoms with Crippen molar-refractivity contribution >= 4 is 46.9 Å². The number of aliphatic hydroxyl groups excluding tert-OH is 3. The second kappa shape index (κ2) is 23.3. The van der Waals surface area contributed by atoms with Gasteiger partial charge in [0, 0.05) is 63.9 Å². The van der Waals surface area contributed by atoms with Crippen molar-refractivity contribution in [3.05, 3.63) is 70.0 Å². The first kappa shape index (κ1) is 47.2. The number of halogens is 1. The number of ketones is 2. The zero-order chi connectivity index (χ0) is 43.8. The number of amides is 3. The van der Waals surface area contributed by atoms with Crippen LogP contribution < -0.4 is 25.4 Å². The molecule has 0 aliphatic carbocycles. The fourth-order valence-electron chi connectivity index (χ4n) is 6.09. The third-order valence-electron chi connectivity index (χ3n) is 9.27. The fraction of sp³-hybridized carbons (Fsp3) is 0.487. The van der Waals surface area contributed by atoms with Gasteiger partial charge < -0.3 is 55.3 Å². The predicted octanol–water partition coefficient (Wildman–Crippen LogP) is -0.106. The van der Waals surface area contributed by atoms with Crippen LogP contribution in [0, 0.1) is 0 Å². The van der Waals surface area contributed by atoms with Gasteiger partial charge >= 0.3 is 5.97 Å². The Kier molecular flexibility index (Phi) is 18.3. The molecular weight excluding hydrogens is 812 g/mol. The molecular formula is C39H49ClN6O14. The van der Waals surface area contributed by atoms with Gasteiger partial charge in [0.05, 0.1) is 31.0 Å². The van der Waals surface area contributed by atoms with Gasteiger partial charge in [-0.2, -0.15) is 0 Å². The summed E-state index contributed by atoms with van der Waals surface area (Å²) in [4.78, 5) is 72.1. The number of methoxy groups -OCH3 is 2. The number of nitrogens with zero attached hydrogens (tertiary/aromatic N) is 3. The third-order valence-corrected chi connectivity index (χ3v) is 9.55. The Morgan fingerprint density at radius 2 is 1.65 bits per heavy atom. The van der Waals surface area contributed by atoms with E-state index in [-0.39, 0.29) is 84.8 Å². The Morgan fingerprint density at radius 3 is 2.37 bits per heavy atom. The first-order chi connectivity index (χ1) is 28.7. The van der Waals surface area contributed by atoms with Gasteiger partial charge in [0.1, 0.15) is 43.3 Å². The molecule has 4 rings (SSSR count). The second-order valence-corrected chi connectivity index (χ2v) is 14.2. The number of carbonyl (C=O) groups excluding carboxylic acids is 5. The van der Waals surface area contributed by atoms with Crippen LogP contribution in [0.1, 0.15) is 59.3 Å². The normalized spacial score (nSPS) is 18.6. The van der Waals surface area contributed by atoms with E-state index in [2.05, 4.69) is 26.3 Å². The Morgan fingerprint density at radius 1 is 0.917 bits per heavy atom. The minimum Gasteiger partial charge on any atom is -0.493 e. The smallest absolute Gasteiger partial charge is 0.322 e. The lowest BCUT2D eigenvalue weighted by Crippen LogP contribution is -2.64. The molecule has 0 saturated carbocycles. The molecule has 1 fully saturated rings. The number of aryl methyl sites for hydroxylation is 2. The van der Waals surface area contributed by atoms with E-state index in [0.717, 1.165) is 11.1 Å². The van der Waals surface area contributed by atoms with Crippen LogP contribution in [0.25, 0.3) is 0 Å². The first-order valence-electron chi connectivity index (χ1n) is 18.9. The van der Waals surface area contributed by atoms with Crippen LogP contribution in [0.4, 0.5) is 0 Å². The number of aliphatic hydroxyl groups is 3. The highest BCUT2D eigenvalue weighted by atomic mass is 35.5. The number of carbonyl (C=O) groups is 6. The maximum absolute atomic E-state index is 13.2. The average molecular weight is 861 g/mol. The summed E-state index contributed by atoms with van der Waals surface area (Å²) >= 11 is 6.53. The predicted molar refractivity (Wildman–Crippen MR) is 209 cm³/mol. The molecule has 3 amide bonds. The number of Topliss-reactive ketones (excluding diaryl/α,β-unsaturated/α-hetero) is 2. The lowest BCUT2D eigenvalue weighted by molar-refractivity contribution is -0.261. The molecule has 60 heavy (non-hydrogen) atoms. The highest BCUT2D eigenvalue weighted by molar-refractivity contribution is 6.32. The summed E-state index contributed by atoms with van der Waals surface area (Å²) in [5.41, 5.74) is 2.16. The number of nitrogens with one attached hydrogen (secondary N) is 3. The van der Waals surface area contributed by atoms with Gasteiger partial charge in [-0.3, -0.25) is 33.4 Å². The standard InChI is InChI=1S/C39H49ClN6O14/c1-57-29-16-24(38(56)43-34-36(55)35(54)30(20-47)60-39(34)58-2)15-28(40)37(29)59-21-23-6-3-5-22(13-23)14-26(48)9-8-25-19-46(45-44-25)12-4-7-31(50)41-17-27(49)10-11-32(51)42-18-33(52)53/h3,5-6,13,15-16,19,30,34-36,39,47,54-55H,4,7-12,14,17-18,20-21H2,1-2H3,(H,41,50)(H,42,51)(H,43,56)(H,52,53)/t30-,34-,35-,36-,39+/m1/s1. The van der Waals surface area contributed by atoms with Gasteiger partial charge in [0.15, 0.2) is 23.6 Å². The van der Waals surface area contributed by atoms with Gasteiger partial charge in [-0.1, -0.05) is 41.1 Å². The summed E-state index contributed by atoms with van der Waals surface area (Å²) in [6, 6.07) is 8.82. The van der Waals surface area contributed by atoms with Gasteiger partial charge in [-0.25, -0.2) is 0 Å². The Hall–Kier alpha value is -5.51. The lowest BCUT2D eigenvalue weighted by atomic mass is 9.96. The summed E-state index contributed by atoms with van der Waals surface area (Å²) in [7, 11) is 2.66. The van der Waals surface area contributed by atoms with Crippen LogP contribution in [-0.2, 0) is 59.4 Å². The molecule has 2 heterocycles. The molecule has 21 heteroatoms. The number of rotatable bonds is 24. The molecule has 1 aromatic heterocycles. The maximum atomic E-state index is 13.2. The first-order valence-corrected chi connectivity index (χ1v) is 19.3. The molecule has 2 aromatic carbocycles. The minimum atomic E-state index is -1.50. The minimum absolute atomic E-state index is 0.0276. The largest absolute Gasteiger partial charge is 0.493 e. The molecule has 1 saturated heterocycles. The molecule has 1 aliphatic rings. The molecule has 326 valence electrons. The quantitative estimate of drug-likeness (QED) is 0.0619. The molecule has 0 unspecified atom stereocenters. The number of benzene rings is 2. The number of carboxylic acid groups (broad SMARTS) is 1. The van der Waals surface area contributed by atoms with E-state index in [4.69, 9.17) is 35.7 Å². The van der Waals surface area contributed by atoms with E-state index in [1.165, 1.54) is 26.4 Å². The van der Waals surface area contributed by atoms with Crippen LogP contribution in [0.3, 0.4) is 0 Å². The molecule has 20 nitrogen and oxygen atoms in total. The third kappa shape index (κ3) is 14.3. The number of carboxylic acids is 1. The molecule has 0 bridgehead atoms. The van der Waals surface area contributed by atoms with Crippen LogP contribution in [-0.4, -0.2) is 135 Å². The summed E-state index contributed by atoms with van der Waals surface area (Å²) in [6.45, 7) is -0.905. The molecule has 5 atom stereocenters. The van der Waals surface area contributed by atoms with Gasteiger partial charge in [-0.15, -0.1) is 5.10 Å². The zero-order valence-corrected chi connectivity index (χ0v) is 33.8. The van der Waals surface area contributed by atoms with E-state index < -0.39 is 61.6 Å². The Bertz CT molecular complexity index is 1980. The van der Waals surface area contributed by atoms with E-state index in [9.17, 15) is 44.1 Å². The van der Waals surface area contributed by atoms with Crippen molar-refractivity contribution in [2.24, 2.45) is 0 Å². The van der Waals surface area contributed by atoms with E-state index in [0.29, 0.717) is 25.1 Å². The van der Waals surface area contributed by atoms with Crippen molar-refractivity contribution < 1.29 is 68.1 Å². The van der Waals surface area contributed by atoms with Crippen molar-refractivity contribution in [2.75, 3.05) is 33.9 Å². The number of hydrogen-bond donors (Lipinski definition) is 7. The SMILES string of the molecule is COc1cc(C(=O)N[C@H]2[C@@H](OC)O[C@H](CO)[C@@H](O)[C@@H]2O)cc(Cl)c1OCc1cccc(CC(=O)CCc2cn(CCCC(=O)NCC(=O)CCC(=O)NCC(=O)O)nn2)c1. The fourth-order valence-corrected chi connectivity index (χ4v) is 6.35. The number of aliphatic carboxylic acids is 1. The van der Waals surface area contributed by atoms with Crippen molar-refractivity contribution in [1.82, 2.24) is 30.9 Å². The highest BCUT2D eigenvalue weighted by Gasteiger charge is 2.45. The summed E-state index contributed by atoms with van der Waals surface area (Å²) < 4.78 is 23.7. The summed E-state index contributed by atoms with van der Waals surface area (Å²) in [6.07, 6.45) is -2.58. The monoisotopic (exact) mass is 860 g/mol. The number of hydrogen-bond acceptors (Lipinski definition) is 15. The molecule has 0 spiro atoms. The maximum Gasteiger partial charge on any atom is 0.322 e. The van der Waals surface area contributed by atoms with Gasteiger partial charge in [0.25, 0.3) is 5.91 Å². The van der Waals surface area contributed by atoms with Crippen LogP contribution in [0.2, 0.25) is 5.02 Å². The summed E-state index contributed by atoms with van der Waals surface area (Å²) in [5, 5.41) is 54.3. The Balaban J connectivity index is 1.19. The molecule has 3 aromatic rings. The molecule has 1 aliphatic heterocycles. The topological polar surface area (TPSA) is 287 Å². The van der Waals surface area contributed by atoms with Crippen LogP contribution in [0.15, 0.2) is 42.6 Å². The van der Waals surface area contributed by atoms with E-state index >= 15 is 0 Å². The highest BCUT2D eigenvalue weighted by Crippen LogP contribution is 2.37.